The Hall–Kier alpha value is -5.62. The van der Waals surface area contributed by atoms with Gasteiger partial charge in [-0.3, -0.25) is 33.9 Å². The number of hydrogen-bond acceptors (Lipinski definition) is 20. The first kappa shape index (κ1) is 66.2. The molecule has 4 heterocycles. The molecule has 81 heavy (non-hydrogen) atoms. The highest BCUT2D eigenvalue weighted by molar-refractivity contribution is 7.89. The van der Waals surface area contributed by atoms with Crippen molar-refractivity contribution in [2.75, 3.05) is 178 Å². The van der Waals surface area contributed by atoms with Crippen molar-refractivity contribution < 1.29 is 79.8 Å². The fourth-order valence-corrected chi connectivity index (χ4v) is 9.74. The van der Waals surface area contributed by atoms with Gasteiger partial charge in [-0.15, -0.1) is 0 Å². The third-order valence-corrected chi connectivity index (χ3v) is 14.1. The molecule has 0 bridgehead atoms. The van der Waals surface area contributed by atoms with E-state index in [9.17, 15) is 32.4 Å². The topological polar surface area (TPSA) is 297 Å². The summed E-state index contributed by atoms with van der Waals surface area (Å²) in [6.45, 7) is 14.0. The van der Waals surface area contributed by atoms with Crippen molar-refractivity contribution in [1.82, 2.24) is 29.7 Å². The molecule has 3 aliphatic rings. The molecule has 1 aromatic heterocycles. The van der Waals surface area contributed by atoms with E-state index in [1.54, 1.807) is 36.5 Å². The Kier molecular flexibility index (Phi) is 31.2. The smallest absolute Gasteiger partial charge is 0.254 e. The van der Waals surface area contributed by atoms with Gasteiger partial charge in [-0.25, -0.2) is 13.4 Å². The molecule has 1 saturated heterocycles. The van der Waals surface area contributed by atoms with E-state index in [4.69, 9.17) is 53.1 Å². The molecule has 1 aromatic carbocycles. The second kappa shape index (κ2) is 38.2. The number of amides is 5. The Morgan fingerprint density at radius 2 is 1.15 bits per heavy atom. The third-order valence-electron chi connectivity index (χ3n) is 12.3. The normalized spacial score (nSPS) is 14.6. The van der Waals surface area contributed by atoms with Crippen LogP contribution in [0.3, 0.4) is 0 Å². The molecule has 0 aliphatic carbocycles. The van der Waals surface area contributed by atoms with Crippen molar-refractivity contribution in [3.63, 3.8) is 0 Å². The van der Waals surface area contributed by atoms with Crippen molar-refractivity contribution in [3.8, 4) is 11.1 Å². The van der Waals surface area contributed by atoms with Gasteiger partial charge in [-0.2, -0.15) is 4.31 Å². The highest BCUT2D eigenvalue weighted by atomic mass is 32.2. The predicted octanol–water partition coefficient (Wildman–Crippen LogP) is 1.51. The molecule has 25 nitrogen and oxygen atoms in total. The number of nitrogens with zero attached hydrogens (tertiary/aromatic N) is 5. The lowest BCUT2D eigenvalue weighted by Crippen LogP contribution is -2.53. The van der Waals surface area contributed by atoms with Crippen molar-refractivity contribution >= 4 is 57.2 Å². The number of pyridine rings is 1. The highest BCUT2D eigenvalue weighted by Crippen LogP contribution is 2.33. The van der Waals surface area contributed by atoms with E-state index >= 15 is 0 Å². The second-order valence-corrected chi connectivity index (χ2v) is 20.6. The molecule has 0 atom stereocenters. The lowest BCUT2D eigenvalue weighted by molar-refractivity contribution is -0.141. The van der Waals surface area contributed by atoms with Gasteiger partial charge in [-0.1, -0.05) is 26.0 Å². The molecule has 1 fully saturated rings. The van der Waals surface area contributed by atoms with E-state index < -0.39 is 27.7 Å². The average molecular weight is 1160 g/mol. The van der Waals surface area contributed by atoms with Crippen LogP contribution in [0.1, 0.15) is 45.2 Å². The summed E-state index contributed by atoms with van der Waals surface area (Å²) in [7, 11) is -3.79. The van der Waals surface area contributed by atoms with Gasteiger partial charge >= 0.3 is 0 Å². The maximum atomic E-state index is 13.6. The lowest BCUT2D eigenvalue weighted by Gasteiger charge is -2.38. The molecule has 3 aliphatic heterocycles. The largest absolute Gasteiger partial charge is 0.387 e. The van der Waals surface area contributed by atoms with E-state index in [0.717, 1.165) is 29.9 Å². The number of amidine groups is 1. The number of benzene rings is 1. The van der Waals surface area contributed by atoms with Gasteiger partial charge in [0.2, 0.25) is 27.7 Å². The quantitative estimate of drug-likeness (QED) is 0.0625. The molecule has 5 amide bonds. The number of imide groups is 1. The van der Waals surface area contributed by atoms with E-state index in [2.05, 4.69) is 20.6 Å². The number of ether oxygens (including phenoxy) is 10. The molecule has 5 rings (SSSR count). The van der Waals surface area contributed by atoms with Gasteiger partial charge in [0.25, 0.3) is 11.8 Å². The van der Waals surface area contributed by atoms with Crippen LogP contribution < -0.4 is 16.4 Å². The van der Waals surface area contributed by atoms with Crippen molar-refractivity contribution in [1.29, 1.82) is 0 Å². The number of rotatable bonds is 45. The zero-order valence-electron chi connectivity index (χ0n) is 46.9. The maximum Gasteiger partial charge on any atom is 0.254 e. The van der Waals surface area contributed by atoms with E-state index in [-0.39, 0.29) is 74.9 Å². The van der Waals surface area contributed by atoms with Crippen LogP contribution in [-0.4, -0.2) is 241 Å². The zero-order chi connectivity index (χ0) is 57.9. The van der Waals surface area contributed by atoms with E-state index in [0.29, 0.717) is 172 Å². The third kappa shape index (κ3) is 24.8. The number of nitrogens with two attached hydrogens (primary N) is 1. The predicted molar refractivity (Wildman–Crippen MR) is 298 cm³/mol. The summed E-state index contributed by atoms with van der Waals surface area (Å²) in [6, 6.07) is 8.48. The SMILES string of the molecule is CCCN(CCC)C(=O)C1=Cc2ncc(-c3cccc(S(=O)(=O)N4CC(CNC(=O)CCOCCOCCOCCOCCOCCOCCOCCOCCOCCOCCNC(=O)CN5C(=O)C=CC5=O)C4)c3)cc2N=C(N)C1. The Labute approximate surface area is 475 Å². The van der Waals surface area contributed by atoms with Crippen LogP contribution in [-0.2, 0) is 81.4 Å². The Balaban J connectivity index is 0.752. The minimum absolute atomic E-state index is 0.0166. The molecule has 450 valence electrons. The first-order chi connectivity index (χ1) is 39.4. The van der Waals surface area contributed by atoms with E-state index in [1.165, 1.54) is 4.31 Å². The average Bonchev–Trinajstić information content (AvgIpc) is 3.67. The van der Waals surface area contributed by atoms with Crippen LogP contribution in [0.25, 0.3) is 17.2 Å². The van der Waals surface area contributed by atoms with Crippen LogP contribution in [0.15, 0.2) is 64.1 Å². The monoisotopic (exact) mass is 1160 g/mol. The number of carbonyl (C=O) groups is 5. The summed E-state index contributed by atoms with van der Waals surface area (Å²) < 4.78 is 83.5. The van der Waals surface area contributed by atoms with Crippen LogP contribution in [0, 0.1) is 5.92 Å². The highest BCUT2D eigenvalue weighted by Gasteiger charge is 2.37. The molecule has 0 unspecified atom stereocenters. The van der Waals surface area contributed by atoms with Crippen LogP contribution in [0.4, 0.5) is 5.69 Å². The minimum atomic E-state index is -3.79. The summed E-state index contributed by atoms with van der Waals surface area (Å²) in [5.41, 5.74) is 9.13. The Morgan fingerprint density at radius 3 is 1.65 bits per heavy atom. The zero-order valence-corrected chi connectivity index (χ0v) is 47.7. The summed E-state index contributed by atoms with van der Waals surface area (Å²) >= 11 is 0. The second-order valence-electron chi connectivity index (χ2n) is 18.7. The van der Waals surface area contributed by atoms with Crippen molar-refractivity contribution in [2.24, 2.45) is 16.6 Å². The molecule has 26 heteroatoms. The molecule has 0 radical (unpaired) electrons. The fourth-order valence-electron chi connectivity index (χ4n) is 8.10. The number of nitrogens with one attached hydrogen (secondary N) is 2. The number of hydrogen-bond donors (Lipinski definition) is 3. The molecule has 2 aromatic rings. The van der Waals surface area contributed by atoms with Gasteiger partial charge in [0.15, 0.2) is 0 Å². The standard InChI is InChI=1S/C55H82N8O17S/c1-3-12-61(13-4-2)55(68)45-35-48-49(60-50(56)37-45)36-46(39-58-48)44-6-5-7-47(34-44)81(69,70)62-40-43(41-62)38-59-51(64)10-14-71-16-18-73-20-22-75-24-26-77-28-30-79-32-33-80-31-29-78-27-25-76-23-21-74-19-17-72-15-11-57-52(65)42-63-53(66)8-9-54(63)67/h5-9,34-36,39,43H,3-4,10-33,37-38,40-42H2,1-2H3,(H2,56,60)(H,57,65)(H,59,64). The first-order valence-corrected chi connectivity index (χ1v) is 29.1. The van der Waals surface area contributed by atoms with Crippen molar-refractivity contribution in [3.05, 3.63) is 59.9 Å². The molecular formula is C55H82N8O17S. The fraction of sp³-hybridized carbons (Fsp3) is 0.618. The maximum absolute atomic E-state index is 13.6. The summed E-state index contributed by atoms with van der Waals surface area (Å²) in [4.78, 5) is 72.6. The van der Waals surface area contributed by atoms with Gasteiger partial charge in [-0.05, 0) is 42.7 Å². The van der Waals surface area contributed by atoms with Crippen LogP contribution in [0.2, 0.25) is 0 Å². The summed E-state index contributed by atoms with van der Waals surface area (Å²) in [5, 5.41) is 5.47. The Bertz CT molecular complexity index is 2450. The molecule has 4 N–H and O–H groups in total. The van der Waals surface area contributed by atoms with Crippen LogP contribution in [0.5, 0.6) is 0 Å². The summed E-state index contributed by atoms with van der Waals surface area (Å²) in [5.74, 6) is -1.42. The number of sulfonamides is 1. The lowest BCUT2D eigenvalue weighted by atomic mass is 10.0. The van der Waals surface area contributed by atoms with Gasteiger partial charge < -0.3 is 68.6 Å². The minimum Gasteiger partial charge on any atom is -0.387 e. The molecule has 0 spiro atoms. The van der Waals surface area contributed by atoms with Crippen molar-refractivity contribution in [2.45, 2.75) is 44.4 Å². The number of aromatic nitrogens is 1. The van der Waals surface area contributed by atoms with Gasteiger partial charge in [0.1, 0.15) is 12.4 Å². The molecule has 0 saturated carbocycles. The van der Waals surface area contributed by atoms with Gasteiger partial charge in [0, 0.05) is 87.5 Å². The number of carbonyl (C=O) groups excluding carboxylic acids is 5. The summed E-state index contributed by atoms with van der Waals surface area (Å²) in [6.07, 6.45) is 7.72. The number of aliphatic imine (C=N–C) groups is 1. The number of fused-ring (bicyclic) bond motifs is 1. The molecular weight excluding hydrogens is 1080 g/mol. The van der Waals surface area contributed by atoms with Gasteiger partial charge in [0.05, 0.1) is 148 Å². The first-order valence-electron chi connectivity index (χ1n) is 27.7. The van der Waals surface area contributed by atoms with E-state index in [1.807, 2.05) is 24.8 Å². The Morgan fingerprint density at radius 1 is 0.654 bits per heavy atom. The van der Waals surface area contributed by atoms with Crippen LogP contribution >= 0.6 is 0 Å².